The molecule has 0 aliphatic rings. The van der Waals surface area contributed by atoms with Gasteiger partial charge >= 0.3 is 0 Å². The molecule has 0 saturated heterocycles. The van der Waals surface area contributed by atoms with Crippen LogP contribution in [-0.4, -0.2) is 32.8 Å². The third-order valence-corrected chi connectivity index (χ3v) is 4.75. The van der Waals surface area contributed by atoms with Crippen LogP contribution in [0.1, 0.15) is 15.9 Å². The van der Waals surface area contributed by atoms with Gasteiger partial charge in [-0.25, -0.2) is 15.4 Å². The van der Waals surface area contributed by atoms with E-state index < -0.39 is 5.91 Å². The van der Waals surface area contributed by atoms with E-state index in [1.807, 2.05) is 30.3 Å². The monoisotopic (exact) mass is 402 g/mol. The number of pyridine rings is 1. The molecular formula is C22H18N4O4. The van der Waals surface area contributed by atoms with E-state index in [2.05, 4.69) is 9.97 Å². The van der Waals surface area contributed by atoms with Crippen LogP contribution in [0.25, 0.3) is 22.0 Å². The number of methoxy groups -OCH3 is 1. The second-order valence-corrected chi connectivity index (χ2v) is 6.64. The summed E-state index contributed by atoms with van der Waals surface area (Å²) in [5, 5.41) is 9.12. The molecule has 0 fully saturated rings. The van der Waals surface area contributed by atoms with Crippen molar-refractivity contribution in [3.63, 3.8) is 0 Å². The highest BCUT2D eigenvalue weighted by atomic mass is 16.5. The molecule has 2 aromatic heterocycles. The molecule has 0 aliphatic carbocycles. The Labute approximate surface area is 171 Å². The summed E-state index contributed by atoms with van der Waals surface area (Å²) in [5.41, 5.74) is 4.75. The van der Waals surface area contributed by atoms with Gasteiger partial charge in [-0.15, -0.1) is 0 Å². The van der Waals surface area contributed by atoms with Gasteiger partial charge in [0.05, 0.1) is 30.9 Å². The number of nitrogens with one attached hydrogen (secondary N) is 1. The summed E-state index contributed by atoms with van der Waals surface area (Å²) >= 11 is 0. The Balaban J connectivity index is 1.67. The summed E-state index contributed by atoms with van der Waals surface area (Å²) in [6.07, 6.45) is 3.22. The first kappa shape index (κ1) is 19.3. The molecule has 4 rings (SSSR count). The van der Waals surface area contributed by atoms with E-state index in [9.17, 15) is 9.59 Å². The lowest BCUT2D eigenvalue weighted by Crippen LogP contribution is -2.23. The fourth-order valence-corrected chi connectivity index (χ4v) is 3.20. The van der Waals surface area contributed by atoms with Crippen LogP contribution >= 0.6 is 0 Å². The van der Waals surface area contributed by atoms with Gasteiger partial charge in [0.25, 0.3) is 11.5 Å². The van der Waals surface area contributed by atoms with Crippen LogP contribution in [0, 0.1) is 0 Å². The average Bonchev–Trinajstić information content (AvgIpc) is 2.80. The van der Waals surface area contributed by atoms with Gasteiger partial charge in [0.2, 0.25) is 5.88 Å². The first-order valence-electron chi connectivity index (χ1n) is 9.12. The average molecular weight is 402 g/mol. The third kappa shape index (κ3) is 3.76. The predicted octanol–water partition coefficient (Wildman–Crippen LogP) is 2.63. The quantitative estimate of drug-likeness (QED) is 0.393. The minimum absolute atomic E-state index is 0.177. The van der Waals surface area contributed by atoms with Crippen LogP contribution in [0.4, 0.5) is 0 Å². The highest BCUT2D eigenvalue weighted by Crippen LogP contribution is 2.22. The first-order chi connectivity index (χ1) is 14.6. The van der Waals surface area contributed by atoms with Crippen LogP contribution in [0.3, 0.4) is 0 Å². The number of hydrogen-bond donors (Lipinski definition) is 2. The van der Waals surface area contributed by atoms with Crippen LogP contribution in [0.2, 0.25) is 0 Å². The molecule has 150 valence electrons. The van der Waals surface area contributed by atoms with E-state index in [1.165, 1.54) is 23.0 Å². The minimum atomic E-state index is -0.687. The van der Waals surface area contributed by atoms with Crippen molar-refractivity contribution in [3.05, 3.63) is 88.6 Å². The number of amides is 1. The molecule has 2 aromatic carbocycles. The molecule has 0 atom stereocenters. The maximum Gasteiger partial charge on any atom is 0.274 e. The third-order valence-electron chi connectivity index (χ3n) is 4.75. The van der Waals surface area contributed by atoms with Crippen molar-refractivity contribution in [2.45, 2.75) is 6.54 Å². The Morgan fingerprint density at radius 3 is 2.70 bits per heavy atom. The standard InChI is InChI=1S/C22H18N4O4/c1-30-20-8-6-17(11-23-20)15-4-2-3-14(9-15)12-26-13-24-19-7-5-16(21(27)25-29)10-18(19)22(26)28/h2-11,13,29H,12H2,1H3,(H,25,27). The lowest BCUT2D eigenvalue weighted by molar-refractivity contribution is 0.0706. The molecule has 8 nitrogen and oxygen atoms in total. The van der Waals surface area contributed by atoms with Crippen molar-refractivity contribution in [2.75, 3.05) is 7.11 Å². The predicted molar refractivity (Wildman–Crippen MR) is 111 cm³/mol. The summed E-state index contributed by atoms with van der Waals surface area (Å²) in [7, 11) is 1.57. The molecular weight excluding hydrogens is 384 g/mol. The molecule has 30 heavy (non-hydrogen) atoms. The van der Waals surface area contributed by atoms with Crippen molar-refractivity contribution in [3.8, 4) is 17.0 Å². The van der Waals surface area contributed by atoms with Crippen LogP contribution in [-0.2, 0) is 6.54 Å². The molecule has 4 aromatic rings. The van der Waals surface area contributed by atoms with E-state index in [0.29, 0.717) is 23.3 Å². The van der Waals surface area contributed by atoms with Crippen molar-refractivity contribution >= 4 is 16.8 Å². The van der Waals surface area contributed by atoms with Crippen molar-refractivity contribution in [1.29, 1.82) is 0 Å². The van der Waals surface area contributed by atoms with E-state index in [4.69, 9.17) is 9.94 Å². The Morgan fingerprint density at radius 2 is 1.97 bits per heavy atom. The summed E-state index contributed by atoms with van der Waals surface area (Å²) in [6.45, 7) is 0.315. The molecule has 0 spiro atoms. The normalized spacial score (nSPS) is 10.7. The molecule has 0 bridgehead atoms. The molecule has 0 radical (unpaired) electrons. The van der Waals surface area contributed by atoms with Crippen molar-refractivity contribution in [1.82, 2.24) is 20.0 Å². The zero-order chi connectivity index (χ0) is 21.1. The lowest BCUT2D eigenvalue weighted by atomic mass is 10.0. The molecule has 0 unspecified atom stereocenters. The van der Waals surface area contributed by atoms with Gasteiger partial charge in [0, 0.05) is 23.4 Å². The number of ether oxygens (including phenoxy) is 1. The second kappa shape index (κ2) is 8.14. The molecule has 2 N–H and O–H groups in total. The number of carbonyl (C=O) groups is 1. The van der Waals surface area contributed by atoms with Crippen LogP contribution < -0.4 is 15.8 Å². The Morgan fingerprint density at radius 1 is 1.10 bits per heavy atom. The molecule has 1 amide bonds. The number of rotatable bonds is 5. The SMILES string of the molecule is COc1ccc(-c2cccc(Cn3cnc4ccc(C(=O)NO)cc4c3=O)c2)cn1. The number of nitrogens with zero attached hydrogens (tertiary/aromatic N) is 3. The second-order valence-electron chi connectivity index (χ2n) is 6.64. The number of fused-ring (bicyclic) bond motifs is 1. The minimum Gasteiger partial charge on any atom is -0.481 e. The highest BCUT2D eigenvalue weighted by Gasteiger charge is 2.10. The van der Waals surface area contributed by atoms with E-state index in [1.54, 1.807) is 30.9 Å². The van der Waals surface area contributed by atoms with Crippen molar-refractivity contribution in [2.24, 2.45) is 0 Å². The largest absolute Gasteiger partial charge is 0.481 e. The molecule has 8 heteroatoms. The van der Waals surface area contributed by atoms with E-state index >= 15 is 0 Å². The van der Waals surface area contributed by atoms with Crippen LogP contribution in [0.5, 0.6) is 5.88 Å². The van der Waals surface area contributed by atoms with Crippen molar-refractivity contribution < 1.29 is 14.7 Å². The number of carbonyl (C=O) groups excluding carboxylic acids is 1. The maximum absolute atomic E-state index is 12.9. The molecule has 2 heterocycles. The summed E-state index contributed by atoms with van der Waals surface area (Å²) in [5.74, 6) is -0.148. The number of benzene rings is 2. The Bertz CT molecular complexity index is 1280. The fourth-order valence-electron chi connectivity index (χ4n) is 3.20. The van der Waals surface area contributed by atoms with E-state index in [0.717, 1.165) is 16.7 Å². The first-order valence-corrected chi connectivity index (χ1v) is 9.12. The van der Waals surface area contributed by atoms with Crippen LogP contribution in [0.15, 0.2) is 71.9 Å². The van der Waals surface area contributed by atoms with Gasteiger partial charge in [0.15, 0.2) is 0 Å². The number of hydrogen-bond acceptors (Lipinski definition) is 6. The zero-order valence-electron chi connectivity index (χ0n) is 16.1. The topological polar surface area (TPSA) is 106 Å². The summed E-state index contributed by atoms with van der Waals surface area (Å²) in [4.78, 5) is 33.1. The lowest BCUT2D eigenvalue weighted by Gasteiger charge is -2.09. The smallest absolute Gasteiger partial charge is 0.274 e. The van der Waals surface area contributed by atoms with Gasteiger partial charge in [-0.1, -0.05) is 18.2 Å². The van der Waals surface area contributed by atoms with Gasteiger partial charge in [-0.2, -0.15) is 0 Å². The maximum atomic E-state index is 12.9. The number of hydroxylamine groups is 1. The number of aromatic nitrogens is 3. The molecule has 0 saturated carbocycles. The highest BCUT2D eigenvalue weighted by molar-refractivity contribution is 5.97. The zero-order valence-corrected chi connectivity index (χ0v) is 16.1. The molecule has 0 aliphatic heterocycles. The van der Waals surface area contributed by atoms with Gasteiger partial charge < -0.3 is 4.74 Å². The summed E-state index contributed by atoms with van der Waals surface area (Å²) in [6, 6.07) is 16.0. The van der Waals surface area contributed by atoms with Gasteiger partial charge in [-0.05, 0) is 41.5 Å². The fraction of sp³-hybridized carbons (Fsp3) is 0.0909. The van der Waals surface area contributed by atoms with Gasteiger partial charge in [-0.3, -0.25) is 19.4 Å². The van der Waals surface area contributed by atoms with E-state index in [-0.39, 0.29) is 11.1 Å². The summed E-state index contributed by atoms with van der Waals surface area (Å²) < 4.78 is 6.57. The Kier molecular flexibility index (Phi) is 5.23. The van der Waals surface area contributed by atoms with Gasteiger partial charge in [0.1, 0.15) is 0 Å². The Hall–Kier alpha value is -4.04.